The van der Waals surface area contributed by atoms with Crippen LogP contribution < -0.4 is 9.80 Å². The minimum absolute atomic E-state index is 0.615. The van der Waals surface area contributed by atoms with E-state index in [9.17, 15) is 0 Å². The van der Waals surface area contributed by atoms with Crippen molar-refractivity contribution in [1.82, 2.24) is 9.97 Å². The van der Waals surface area contributed by atoms with Crippen molar-refractivity contribution >= 4 is 87.8 Å². The Morgan fingerprint density at radius 3 is 1.13 bits per heavy atom. The first-order chi connectivity index (χ1) is 34.1. The Bertz CT molecular complexity index is 3870. The van der Waals surface area contributed by atoms with Gasteiger partial charge in [0.2, 0.25) is 11.8 Å². The average Bonchev–Trinajstić information content (AvgIpc) is 4.16. The predicted octanol–water partition coefficient (Wildman–Crippen LogP) is 17.9. The highest BCUT2D eigenvalue weighted by atomic mass is 32.1. The number of aromatic nitrogens is 2. The number of para-hydroxylation sites is 6. The third kappa shape index (κ3) is 7.57. The standard InChI is InChI=1S/C62H40N4O2S/c1-3-11-47(12-4-1)65(51-33-23-43(24-34-51)61-63-55-15-7-9-17-57(55)67-61)49-29-19-41(20-30-49)45-28-38-59-54(39-45)53-37-27-46(40-60(53)69-59)42-21-31-50(32-22-42)66(48-13-5-2-6-14-48)52-35-25-44(26-36-52)62-64-56-16-8-10-18-58(56)68-62/h1-40H. The first-order valence-corrected chi connectivity index (χ1v) is 23.8. The molecule has 0 radical (unpaired) electrons. The van der Waals surface area contributed by atoms with Crippen LogP contribution in [0, 0.1) is 0 Å². The molecule has 0 unspecified atom stereocenters. The van der Waals surface area contributed by atoms with Crippen molar-refractivity contribution in [3.8, 4) is 45.2 Å². The zero-order chi connectivity index (χ0) is 45.7. The first-order valence-electron chi connectivity index (χ1n) is 22.9. The van der Waals surface area contributed by atoms with Crippen LogP contribution in [-0.2, 0) is 0 Å². The lowest BCUT2D eigenvalue weighted by molar-refractivity contribution is 0.619. The summed E-state index contributed by atoms with van der Waals surface area (Å²) in [4.78, 5) is 14.0. The Morgan fingerprint density at radius 1 is 0.290 bits per heavy atom. The first kappa shape index (κ1) is 40.3. The van der Waals surface area contributed by atoms with Crippen LogP contribution in [0.15, 0.2) is 251 Å². The van der Waals surface area contributed by atoms with Crippen molar-refractivity contribution in [2.24, 2.45) is 0 Å². The molecule has 13 rings (SSSR count). The highest BCUT2D eigenvalue weighted by molar-refractivity contribution is 7.25. The summed E-state index contributed by atoms with van der Waals surface area (Å²) in [5.74, 6) is 1.23. The van der Waals surface area contributed by atoms with Gasteiger partial charge in [-0.25, -0.2) is 9.97 Å². The van der Waals surface area contributed by atoms with Crippen LogP contribution in [0.2, 0.25) is 0 Å². The van der Waals surface area contributed by atoms with Crippen LogP contribution in [0.3, 0.4) is 0 Å². The molecule has 0 saturated heterocycles. The van der Waals surface area contributed by atoms with Crippen LogP contribution >= 0.6 is 11.3 Å². The van der Waals surface area contributed by atoms with Gasteiger partial charge >= 0.3 is 0 Å². The van der Waals surface area contributed by atoms with Gasteiger partial charge in [-0.1, -0.05) is 103 Å². The van der Waals surface area contributed by atoms with E-state index in [1.807, 2.05) is 59.9 Å². The average molecular weight is 905 g/mol. The molecule has 326 valence electrons. The van der Waals surface area contributed by atoms with E-state index in [-0.39, 0.29) is 0 Å². The van der Waals surface area contributed by atoms with Crippen LogP contribution in [-0.4, -0.2) is 9.97 Å². The van der Waals surface area contributed by atoms with Gasteiger partial charge in [0.15, 0.2) is 11.2 Å². The predicted molar refractivity (Wildman–Crippen MR) is 286 cm³/mol. The largest absolute Gasteiger partial charge is 0.436 e. The van der Waals surface area contributed by atoms with E-state index in [4.69, 9.17) is 18.8 Å². The molecule has 0 bridgehead atoms. The van der Waals surface area contributed by atoms with E-state index < -0.39 is 0 Å². The molecular formula is C62H40N4O2S. The van der Waals surface area contributed by atoms with E-state index in [1.54, 1.807) is 0 Å². The molecule has 7 heteroatoms. The number of benzene rings is 10. The Balaban J connectivity index is 0.763. The summed E-state index contributed by atoms with van der Waals surface area (Å²) >= 11 is 1.84. The normalized spacial score (nSPS) is 11.5. The maximum absolute atomic E-state index is 6.07. The maximum Gasteiger partial charge on any atom is 0.227 e. The number of nitrogens with zero attached hydrogens (tertiary/aromatic N) is 4. The van der Waals surface area contributed by atoms with Crippen LogP contribution in [0.1, 0.15) is 0 Å². The third-order valence-electron chi connectivity index (χ3n) is 12.8. The molecule has 0 aliphatic carbocycles. The molecule has 0 amide bonds. The van der Waals surface area contributed by atoms with E-state index >= 15 is 0 Å². The zero-order valence-electron chi connectivity index (χ0n) is 37.1. The van der Waals surface area contributed by atoms with Gasteiger partial charge in [0.05, 0.1) is 0 Å². The number of anilines is 6. The Morgan fingerprint density at radius 2 is 0.667 bits per heavy atom. The molecule has 13 aromatic rings. The van der Waals surface area contributed by atoms with Crippen LogP contribution in [0.5, 0.6) is 0 Å². The van der Waals surface area contributed by atoms with Gasteiger partial charge in [-0.2, -0.15) is 0 Å². The summed E-state index contributed by atoms with van der Waals surface area (Å²) in [6.07, 6.45) is 0. The fraction of sp³-hybridized carbons (Fsp3) is 0. The fourth-order valence-electron chi connectivity index (χ4n) is 9.29. The monoisotopic (exact) mass is 904 g/mol. The van der Waals surface area contributed by atoms with Crippen molar-refractivity contribution in [3.63, 3.8) is 0 Å². The smallest absolute Gasteiger partial charge is 0.227 e. The summed E-state index contributed by atoms with van der Waals surface area (Å²) < 4.78 is 14.7. The minimum atomic E-state index is 0.615. The van der Waals surface area contributed by atoms with Gasteiger partial charge in [-0.3, -0.25) is 0 Å². The number of oxazole rings is 2. The molecule has 6 nitrogen and oxygen atoms in total. The number of thiophene rings is 1. The van der Waals surface area contributed by atoms with Gasteiger partial charge in [0.1, 0.15) is 11.0 Å². The van der Waals surface area contributed by atoms with Crippen LogP contribution in [0.25, 0.3) is 87.5 Å². The lowest BCUT2D eigenvalue weighted by atomic mass is 10.0. The lowest BCUT2D eigenvalue weighted by Crippen LogP contribution is -2.09. The van der Waals surface area contributed by atoms with Gasteiger partial charge in [-0.15, -0.1) is 11.3 Å². The Hall–Kier alpha value is -9.04. The fourth-order valence-corrected chi connectivity index (χ4v) is 10.4. The minimum Gasteiger partial charge on any atom is -0.436 e. The summed E-state index contributed by atoms with van der Waals surface area (Å²) in [7, 11) is 0. The van der Waals surface area contributed by atoms with E-state index in [1.165, 1.54) is 42.4 Å². The topological polar surface area (TPSA) is 58.5 Å². The van der Waals surface area contributed by atoms with E-state index in [2.05, 4.69) is 204 Å². The molecule has 69 heavy (non-hydrogen) atoms. The molecule has 0 N–H and O–H groups in total. The van der Waals surface area contributed by atoms with E-state index in [0.29, 0.717) is 11.8 Å². The molecule has 0 spiro atoms. The van der Waals surface area contributed by atoms with Crippen molar-refractivity contribution in [3.05, 3.63) is 243 Å². The third-order valence-corrected chi connectivity index (χ3v) is 13.9. The van der Waals surface area contributed by atoms with Gasteiger partial charge in [0.25, 0.3) is 0 Å². The second-order valence-corrected chi connectivity index (χ2v) is 18.1. The summed E-state index contributed by atoms with van der Waals surface area (Å²) in [6.45, 7) is 0. The quantitative estimate of drug-likeness (QED) is 0.136. The Kier molecular flexibility index (Phi) is 9.91. The maximum atomic E-state index is 6.07. The van der Waals surface area contributed by atoms with Crippen molar-refractivity contribution in [2.75, 3.05) is 9.80 Å². The highest BCUT2D eigenvalue weighted by Crippen LogP contribution is 2.42. The summed E-state index contributed by atoms with van der Waals surface area (Å²) in [5, 5.41) is 2.53. The molecule has 0 atom stereocenters. The number of hydrogen-bond donors (Lipinski definition) is 0. The van der Waals surface area contributed by atoms with Crippen molar-refractivity contribution < 1.29 is 8.83 Å². The molecule has 3 aromatic heterocycles. The van der Waals surface area contributed by atoms with Gasteiger partial charge < -0.3 is 18.6 Å². The molecule has 3 heterocycles. The van der Waals surface area contributed by atoms with Crippen molar-refractivity contribution in [1.29, 1.82) is 0 Å². The van der Waals surface area contributed by atoms with Gasteiger partial charge in [-0.05, 0) is 162 Å². The SMILES string of the molecule is c1ccc(N(c2ccc(-c3ccc4c(c3)sc3ccc(-c5ccc(N(c6ccccc6)c6ccc(-c7nc8ccccc8o7)cc6)cc5)cc34)cc2)c2ccc(-c3nc4ccccc4o3)cc2)cc1. The van der Waals surface area contributed by atoms with Crippen LogP contribution in [0.4, 0.5) is 34.1 Å². The van der Waals surface area contributed by atoms with Crippen molar-refractivity contribution in [2.45, 2.75) is 0 Å². The molecule has 0 aliphatic rings. The second-order valence-electron chi connectivity index (χ2n) is 17.0. The Labute approximate surface area is 402 Å². The summed E-state index contributed by atoms with van der Waals surface area (Å²) in [5.41, 5.74) is 16.2. The molecule has 10 aromatic carbocycles. The molecular weight excluding hydrogens is 865 g/mol. The molecule has 0 fully saturated rings. The van der Waals surface area contributed by atoms with Gasteiger partial charge in [0, 0.05) is 65.4 Å². The highest BCUT2D eigenvalue weighted by Gasteiger charge is 2.17. The summed E-state index contributed by atoms with van der Waals surface area (Å²) in [6, 6.07) is 85.0. The zero-order valence-corrected chi connectivity index (χ0v) is 37.9. The second kappa shape index (κ2) is 17.0. The molecule has 0 aliphatic heterocycles. The molecule has 0 saturated carbocycles. The van der Waals surface area contributed by atoms with E-state index in [0.717, 1.165) is 67.5 Å². The lowest BCUT2D eigenvalue weighted by Gasteiger charge is -2.25. The number of fused-ring (bicyclic) bond motifs is 5. The number of rotatable bonds is 10. The number of hydrogen-bond acceptors (Lipinski definition) is 7.